The van der Waals surface area contributed by atoms with Crippen LogP contribution in [0.4, 0.5) is 0 Å². The Kier molecular flexibility index (Phi) is 3.46. The maximum Gasteiger partial charge on any atom is 0.242 e. The molecule has 0 spiro atoms. The number of pyridine rings is 1. The minimum absolute atomic E-state index is 0.194. The monoisotopic (exact) mass is 255 g/mol. The first kappa shape index (κ1) is 12.5. The van der Waals surface area contributed by atoms with Gasteiger partial charge in [0.05, 0.1) is 0 Å². The second kappa shape index (κ2) is 4.72. The van der Waals surface area contributed by atoms with Crippen molar-refractivity contribution in [1.82, 2.24) is 9.71 Å². The Morgan fingerprint density at radius 3 is 2.65 bits per heavy atom. The molecule has 1 heterocycles. The van der Waals surface area contributed by atoms with E-state index in [4.69, 9.17) is 5.73 Å². The van der Waals surface area contributed by atoms with Crippen LogP contribution in [0.1, 0.15) is 25.7 Å². The molecule has 17 heavy (non-hydrogen) atoms. The third-order valence-corrected chi connectivity index (χ3v) is 4.81. The van der Waals surface area contributed by atoms with Gasteiger partial charge in [0.2, 0.25) is 10.0 Å². The molecule has 1 saturated carbocycles. The Balaban J connectivity index is 2.23. The smallest absolute Gasteiger partial charge is 0.242 e. The van der Waals surface area contributed by atoms with E-state index in [1.54, 1.807) is 12.3 Å². The maximum absolute atomic E-state index is 12.1. The molecule has 0 amide bonds. The molecule has 5 nitrogen and oxygen atoms in total. The van der Waals surface area contributed by atoms with E-state index in [0.717, 1.165) is 25.7 Å². The van der Waals surface area contributed by atoms with Crippen LogP contribution >= 0.6 is 0 Å². The summed E-state index contributed by atoms with van der Waals surface area (Å²) in [6.45, 7) is 0.340. The molecule has 1 aliphatic carbocycles. The van der Waals surface area contributed by atoms with Gasteiger partial charge in [-0.2, -0.15) is 0 Å². The number of aromatic nitrogens is 1. The summed E-state index contributed by atoms with van der Waals surface area (Å²) in [4.78, 5) is 4.02. The van der Waals surface area contributed by atoms with Crippen LogP contribution in [0.25, 0.3) is 0 Å². The highest BCUT2D eigenvalue weighted by Gasteiger charge is 2.36. The quantitative estimate of drug-likeness (QED) is 0.826. The van der Waals surface area contributed by atoms with Crippen LogP contribution in [0, 0.1) is 0 Å². The molecule has 1 aliphatic rings. The van der Waals surface area contributed by atoms with Crippen molar-refractivity contribution in [3.8, 4) is 0 Å². The van der Waals surface area contributed by atoms with Gasteiger partial charge in [-0.1, -0.05) is 12.8 Å². The number of nitrogens with one attached hydrogen (secondary N) is 1. The lowest BCUT2D eigenvalue weighted by atomic mass is 10.0. The van der Waals surface area contributed by atoms with Crippen molar-refractivity contribution < 1.29 is 8.42 Å². The van der Waals surface area contributed by atoms with Crippen molar-refractivity contribution >= 4 is 10.0 Å². The summed E-state index contributed by atoms with van der Waals surface area (Å²) in [5, 5.41) is 0. The van der Waals surface area contributed by atoms with Gasteiger partial charge in [-0.3, -0.25) is 4.98 Å². The minimum atomic E-state index is -3.51. The molecule has 1 aromatic heterocycles. The summed E-state index contributed by atoms with van der Waals surface area (Å²) in [5.41, 5.74) is 5.25. The van der Waals surface area contributed by atoms with Crippen molar-refractivity contribution in [1.29, 1.82) is 0 Å². The zero-order valence-electron chi connectivity index (χ0n) is 9.59. The summed E-state index contributed by atoms with van der Waals surface area (Å²) in [6, 6.07) is 3.15. The van der Waals surface area contributed by atoms with E-state index < -0.39 is 15.6 Å². The number of sulfonamides is 1. The number of hydrogen-bond acceptors (Lipinski definition) is 4. The van der Waals surface area contributed by atoms with Gasteiger partial charge in [-0.15, -0.1) is 0 Å². The number of nitrogens with two attached hydrogens (primary N) is 1. The molecule has 1 aromatic rings. The van der Waals surface area contributed by atoms with Gasteiger partial charge in [0.25, 0.3) is 0 Å². The van der Waals surface area contributed by atoms with Crippen LogP contribution in [0.2, 0.25) is 0 Å². The van der Waals surface area contributed by atoms with Gasteiger partial charge >= 0.3 is 0 Å². The average Bonchev–Trinajstić information content (AvgIpc) is 2.79. The summed E-state index contributed by atoms with van der Waals surface area (Å²) in [7, 11) is -3.51. The number of nitrogens with zero attached hydrogens (tertiary/aromatic N) is 1. The molecule has 94 valence electrons. The van der Waals surface area contributed by atoms with Crippen molar-refractivity contribution in [2.75, 3.05) is 6.54 Å². The fraction of sp³-hybridized carbons (Fsp3) is 0.545. The van der Waals surface area contributed by atoms with E-state index in [1.165, 1.54) is 12.3 Å². The van der Waals surface area contributed by atoms with Crippen LogP contribution in [-0.4, -0.2) is 25.5 Å². The molecule has 1 fully saturated rings. The lowest BCUT2D eigenvalue weighted by molar-refractivity contribution is 0.399. The van der Waals surface area contributed by atoms with Crippen LogP contribution in [-0.2, 0) is 10.0 Å². The van der Waals surface area contributed by atoms with E-state index in [0.29, 0.717) is 6.54 Å². The molecular weight excluding hydrogens is 238 g/mol. The Morgan fingerprint density at radius 1 is 1.41 bits per heavy atom. The fourth-order valence-electron chi connectivity index (χ4n) is 2.25. The first-order valence-corrected chi connectivity index (χ1v) is 7.20. The van der Waals surface area contributed by atoms with E-state index >= 15 is 0 Å². The molecule has 6 heteroatoms. The molecule has 0 saturated heterocycles. The number of hydrogen-bond donors (Lipinski definition) is 2. The highest BCUT2D eigenvalue weighted by Crippen LogP contribution is 2.30. The Bertz CT molecular complexity index is 467. The average molecular weight is 255 g/mol. The van der Waals surface area contributed by atoms with Gasteiger partial charge in [-0.05, 0) is 25.0 Å². The van der Waals surface area contributed by atoms with Gasteiger partial charge in [0, 0.05) is 24.5 Å². The van der Waals surface area contributed by atoms with Crippen LogP contribution < -0.4 is 10.5 Å². The lowest BCUT2D eigenvalue weighted by Gasteiger charge is -2.28. The van der Waals surface area contributed by atoms with E-state index in [9.17, 15) is 8.42 Å². The largest absolute Gasteiger partial charge is 0.329 e. The van der Waals surface area contributed by atoms with Gasteiger partial charge in [0.1, 0.15) is 4.90 Å². The molecular formula is C11H17N3O2S. The van der Waals surface area contributed by atoms with Crippen molar-refractivity contribution in [2.24, 2.45) is 5.73 Å². The maximum atomic E-state index is 12.1. The van der Waals surface area contributed by atoms with Crippen molar-refractivity contribution in [3.63, 3.8) is 0 Å². The van der Waals surface area contributed by atoms with E-state index in [1.807, 2.05) is 0 Å². The molecule has 0 atom stereocenters. The van der Waals surface area contributed by atoms with E-state index in [-0.39, 0.29) is 4.90 Å². The molecule has 0 aliphatic heterocycles. The summed E-state index contributed by atoms with van der Waals surface area (Å²) < 4.78 is 27.0. The summed E-state index contributed by atoms with van der Waals surface area (Å²) in [5.74, 6) is 0. The molecule has 0 aromatic carbocycles. The van der Waals surface area contributed by atoms with Gasteiger partial charge in [0.15, 0.2) is 0 Å². The fourth-order valence-corrected chi connectivity index (χ4v) is 3.68. The first-order valence-electron chi connectivity index (χ1n) is 5.72. The third kappa shape index (κ3) is 2.65. The SMILES string of the molecule is NCC1(NS(=O)(=O)c2cccnc2)CCCC1. The van der Waals surface area contributed by atoms with Gasteiger partial charge < -0.3 is 5.73 Å². The van der Waals surface area contributed by atoms with Crippen molar-refractivity contribution in [3.05, 3.63) is 24.5 Å². The van der Waals surface area contributed by atoms with Crippen LogP contribution in [0.3, 0.4) is 0 Å². The lowest BCUT2D eigenvalue weighted by Crippen LogP contribution is -2.51. The molecule has 0 unspecified atom stereocenters. The number of rotatable bonds is 4. The van der Waals surface area contributed by atoms with Crippen LogP contribution in [0.5, 0.6) is 0 Å². The zero-order chi connectivity index (χ0) is 12.4. The first-order chi connectivity index (χ1) is 8.08. The normalized spacial score (nSPS) is 19.4. The molecule has 2 rings (SSSR count). The van der Waals surface area contributed by atoms with Gasteiger partial charge in [-0.25, -0.2) is 13.1 Å². The highest BCUT2D eigenvalue weighted by molar-refractivity contribution is 7.89. The standard InChI is InChI=1S/C11H17N3O2S/c12-9-11(5-1-2-6-11)14-17(15,16)10-4-3-7-13-8-10/h3-4,7-8,14H,1-2,5-6,9,12H2. The molecule has 0 radical (unpaired) electrons. The van der Waals surface area contributed by atoms with Crippen LogP contribution in [0.15, 0.2) is 29.4 Å². The zero-order valence-corrected chi connectivity index (χ0v) is 10.4. The molecule has 0 bridgehead atoms. The summed E-state index contributed by atoms with van der Waals surface area (Å²) in [6.07, 6.45) is 6.56. The minimum Gasteiger partial charge on any atom is -0.329 e. The topological polar surface area (TPSA) is 85.1 Å². The predicted octanol–water partition coefficient (Wildman–Crippen LogP) is 0.631. The molecule has 3 N–H and O–H groups in total. The van der Waals surface area contributed by atoms with E-state index in [2.05, 4.69) is 9.71 Å². The highest BCUT2D eigenvalue weighted by atomic mass is 32.2. The Morgan fingerprint density at radius 2 is 2.12 bits per heavy atom. The Hall–Kier alpha value is -0.980. The van der Waals surface area contributed by atoms with Crippen molar-refractivity contribution in [2.45, 2.75) is 36.1 Å². The predicted molar refractivity (Wildman–Crippen MR) is 64.8 cm³/mol. The second-order valence-corrected chi connectivity index (χ2v) is 6.17. The summed E-state index contributed by atoms with van der Waals surface area (Å²) >= 11 is 0. The third-order valence-electron chi connectivity index (χ3n) is 3.25. The second-order valence-electron chi connectivity index (χ2n) is 4.49. The Labute approximate surface area is 101 Å².